The van der Waals surface area contributed by atoms with Crippen LogP contribution in [0.25, 0.3) is 10.1 Å². The van der Waals surface area contributed by atoms with Gasteiger partial charge in [0.15, 0.2) is 0 Å². The lowest BCUT2D eigenvalue weighted by molar-refractivity contribution is 0.0475. The molecule has 0 aliphatic carbocycles. The number of carbonyl (C=O) groups is 1. The van der Waals surface area contributed by atoms with Crippen molar-refractivity contribution in [2.75, 3.05) is 16.6 Å². The molecule has 0 bridgehead atoms. The molecule has 5 nitrogen and oxygen atoms in total. The first-order valence-electron chi connectivity index (χ1n) is 8.27. The van der Waals surface area contributed by atoms with Gasteiger partial charge in [-0.05, 0) is 47.5 Å². The lowest BCUT2D eigenvalue weighted by Crippen LogP contribution is -2.25. The molecule has 0 amide bonds. The number of esters is 1. The SMILES string of the molecule is O=C(OCc1csc2ccccc12)c1ccc(N2CCCS2(=O)=O)cc1. The molecule has 3 aromatic rings. The lowest BCUT2D eigenvalue weighted by atomic mass is 10.2. The zero-order valence-corrected chi connectivity index (χ0v) is 15.6. The first kappa shape index (κ1) is 17.1. The highest BCUT2D eigenvalue weighted by molar-refractivity contribution is 7.93. The van der Waals surface area contributed by atoms with Crippen molar-refractivity contribution < 1.29 is 17.9 Å². The number of fused-ring (bicyclic) bond motifs is 1. The summed E-state index contributed by atoms with van der Waals surface area (Å²) in [4.78, 5) is 12.3. The molecule has 1 aliphatic rings. The summed E-state index contributed by atoms with van der Waals surface area (Å²) in [6, 6.07) is 14.5. The third kappa shape index (κ3) is 3.20. The number of ether oxygens (including phenoxy) is 1. The van der Waals surface area contributed by atoms with Gasteiger partial charge in [-0.3, -0.25) is 4.31 Å². The number of benzene rings is 2. The highest BCUT2D eigenvalue weighted by Crippen LogP contribution is 2.27. The van der Waals surface area contributed by atoms with Gasteiger partial charge in [0.1, 0.15) is 6.61 Å². The predicted octanol–water partition coefficient (Wildman–Crippen LogP) is 3.80. The Morgan fingerprint density at radius 2 is 1.88 bits per heavy atom. The molecular formula is C19H17NO4S2. The molecule has 134 valence electrons. The molecule has 1 saturated heterocycles. The van der Waals surface area contributed by atoms with Crippen molar-refractivity contribution in [3.8, 4) is 0 Å². The molecule has 0 unspecified atom stereocenters. The molecule has 1 aliphatic heterocycles. The summed E-state index contributed by atoms with van der Waals surface area (Å²) in [6.07, 6.45) is 0.626. The molecule has 0 atom stereocenters. The van der Waals surface area contributed by atoms with E-state index in [0.717, 1.165) is 15.6 Å². The zero-order chi connectivity index (χ0) is 18.1. The van der Waals surface area contributed by atoms with Crippen molar-refractivity contribution in [2.45, 2.75) is 13.0 Å². The first-order valence-corrected chi connectivity index (χ1v) is 10.8. The summed E-state index contributed by atoms with van der Waals surface area (Å²) in [7, 11) is -3.22. The maximum atomic E-state index is 12.3. The van der Waals surface area contributed by atoms with E-state index in [1.54, 1.807) is 35.6 Å². The Morgan fingerprint density at radius 3 is 2.62 bits per heavy atom. The molecule has 0 N–H and O–H groups in total. The molecular weight excluding hydrogens is 370 g/mol. The third-order valence-electron chi connectivity index (χ3n) is 4.41. The second-order valence-electron chi connectivity index (χ2n) is 6.12. The number of sulfonamides is 1. The van der Waals surface area contributed by atoms with Gasteiger partial charge in [-0.15, -0.1) is 11.3 Å². The van der Waals surface area contributed by atoms with E-state index in [2.05, 4.69) is 0 Å². The second-order valence-corrected chi connectivity index (χ2v) is 9.05. The molecule has 1 aromatic heterocycles. The van der Waals surface area contributed by atoms with Crippen LogP contribution in [0.5, 0.6) is 0 Å². The summed E-state index contributed by atoms with van der Waals surface area (Å²) in [5.41, 5.74) is 1.98. The topological polar surface area (TPSA) is 63.7 Å². The maximum Gasteiger partial charge on any atom is 0.338 e. The van der Waals surface area contributed by atoms with Crippen LogP contribution in [0.4, 0.5) is 5.69 Å². The maximum absolute atomic E-state index is 12.3. The van der Waals surface area contributed by atoms with E-state index in [1.807, 2.05) is 29.6 Å². The van der Waals surface area contributed by atoms with Crippen molar-refractivity contribution in [2.24, 2.45) is 0 Å². The fraction of sp³-hybridized carbons (Fsp3) is 0.211. The Balaban J connectivity index is 1.45. The van der Waals surface area contributed by atoms with Crippen LogP contribution in [-0.4, -0.2) is 26.7 Å². The number of thiophene rings is 1. The fourth-order valence-corrected chi connectivity index (χ4v) is 5.58. The van der Waals surface area contributed by atoms with Gasteiger partial charge in [0.25, 0.3) is 0 Å². The van der Waals surface area contributed by atoms with E-state index >= 15 is 0 Å². The van der Waals surface area contributed by atoms with Crippen LogP contribution in [0.2, 0.25) is 0 Å². The van der Waals surface area contributed by atoms with Gasteiger partial charge in [-0.25, -0.2) is 13.2 Å². The van der Waals surface area contributed by atoms with Crippen molar-refractivity contribution >= 4 is 43.1 Å². The molecule has 0 spiro atoms. The van der Waals surface area contributed by atoms with Gasteiger partial charge >= 0.3 is 5.97 Å². The van der Waals surface area contributed by atoms with Gasteiger partial charge in [0, 0.05) is 16.8 Å². The monoisotopic (exact) mass is 387 g/mol. The van der Waals surface area contributed by atoms with E-state index in [-0.39, 0.29) is 12.4 Å². The Hall–Kier alpha value is -2.38. The van der Waals surface area contributed by atoms with Crippen LogP contribution in [0.3, 0.4) is 0 Å². The first-order chi connectivity index (χ1) is 12.5. The van der Waals surface area contributed by atoms with Crippen LogP contribution in [0, 0.1) is 0 Å². The highest BCUT2D eigenvalue weighted by Gasteiger charge is 2.28. The average molecular weight is 387 g/mol. The van der Waals surface area contributed by atoms with E-state index in [4.69, 9.17) is 4.74 Å². The minimum Gasteiger partial charge on any atom is -0.457 e. The normalized spacial score (nSPS) is 16.1. The summed E-state index contributed by atoms with van der Waals surface area (Å²) in [5.74, 6) is -0.248. The Kier molecular flexibility index (Phi) is 4.42. The molecule has 4 rings (SSSR count). The van der Waals surface area contributed by atoms with E-state index in [9.17, 15) is 13.2 Å². The van der Waals surface area contributed by atoms with Crippen LogP contribution >= 0.6 is 11.3 Å². The minimum atomic E-state index is -3.22. The number of nitrogens with zero attached hydrogens (tertiary/aromatic N) is 1. The molecule has 0 radical (unpaired) electrons. The van der Waals surface area contributed by atoms with Crippen molar-refractivity contribution in [1.82, 2.24) is 0 Å². The van der Waals surface area contributed by atoms with Crippen molar-refractivity contribution in [3.05, 3.63) is 65.0 Å². The zero-order valence-electron chi connectivity index (χ0n) is 13.9. The molecule has 1 fully saturated rings. The van der Waals surface area contributed by atoms with Gasteiger partial charge < -0.3 is 4.74 Å². The smallest absolute Gasteiger partial charge is 0.338 e. The highest BCUT2D eigenvalue weighted by atomic mass is 32.2. The quantitative estimate of drug-likeness (QED) is 0.639. The summed E-state index contributed by atoms with van der Waals surface area (Å²) in [6.45, 7) is 0.697. The van der Waals surface area contributed by atoms with Crippen LogP contribution in [0.15, 0.2) is 53.9 Å². The Bertz CT molecular complexity index is 1050. The standard InChI is InChI=1S/C19H17NO4S2/c21-19(24-12-15-13-25-18-5-2-1-4-17(15)18)14-6-8-16(9-7-14)20-10-3-11-26(20,22)23/h1-2,4-9,13H,3,10-12H2. The third-order valence-corrected chi connectivity index (χ3v) is 7.29. The van der Waals surface area contributed by atoms with Crippen molar-refractivity contribution in [3.63, 3.8) is 0 Å². The van der Waals surface area contributed by atoms with Gasteiger partial charge in [0.05, 0.1) is 17.0 Å². The van der Waals surface area contributed by atoms with E-state index in [0.29, 0.717) is 24.2 Å². The van der Waals surface area contributed by atoms with Gasteiger partial charge in [-0.2, -0.15) is 0 Å². The second kappa shape index (κ2) is 6.74. The van der Waals surface area contributed by atoms with Crippen molar-refractivity contribution in [1.29, 1.82) is 0 Å². The number of rotatable bonds is 4. The summed E-state index contributed by atoms with van der Waals surface area (Å²) >= 11 is 1.62. The van der Waals surface area contributed by atoms with Gasteiger partial charge in [0.2, 0.25) is 10.0 Å². The molecule has 26 heavy (non-hydrogen) atoms. The molecule has 7 heteroatoms. The average Bonchev–Trinajstić information content (AvgIpc) is 3.22. The number of carbonyl (C=O) groups excluding carboxylic acids is 1. The summed E-state index contributed by atoms with van der Waals surface area (Å²) < 4.78 is 31.9. The molecule has 0 saturated carbocycles. The number of hydrogen-bond donors (Lipinski definition) is 0. The van der Waals surface area contributed by atoms with E-state index < -0.39 is 16.0 Å². The summed E-state index contributed by atoms with van der Waals surface area (Å²) in [5, 5.41) is 3.10. The number of anilines is 1. The van der Waals surface area contributed by atoms with Crippen LogP contribution < -0.4 is 4.31 Å². The fourth-order valence-electron chi connectivity index (χ4n) is 3.06. The Labute approximate surface area is 155 Å². The molecule has 2 heterocycles. The van der Waals surface area contributed by atoms with Gasteiger partial charge in [-0.1, -0.05) is 18.2 Å². The molecule has 2 aromatic carbocycles. The minimum absolute atomic E-state index is 0.172. The number of hydrogen-bond acceptors (Lipinski definition) is 5. The Morgan fingerprint density at radius 1 is 1.12 bits per heavy atom. The largest absolute Gasteiger partial charge is 0.457 e. The van der Waals surface area contributed by atoms with Crippen LogP contribution in [0.1, 0.15) is 22.3 Å². The lowest BCUT2D eigenvalue weighted by Gasteiger charge is -2.16. The van der Waals surface area contributed by atoms with Crippen LogP contribution in [-0.2, 0) is 21.4 Å². The van der Waals surface area contributed by atoms with E-state index in [1.165, 1.54) is 4.31 Å². The predicted molar refractivity (Wildman–Crippen MR) is 103 cm³/mol.